The summed E-state index contributed by atoms with van der Waals surface area (Å²) in [5, 5.41) is 11.1. The van der Waals surface area contributed by atoms with Crippen molar-refractivity contribution in [3.63, 3.8) is 0 Å². The molecule has 21 heavy (non-hydrogen) atoms. The molecule has 1 N–H and O–H groups in total. The van der Waals surface area contributed by atoms with Gasteiger partial charge in [-0.3, -0.25) is 0 Å². The van der Waals surface area contributed by atoms with Crippen molar-refractivity contribution in [2.24, 2.45) is 5.92 Å². The molecule has 1 nitrogen and oxygen atoms in total. The molecule has 0 amide bonds. The first-order valence-corrected chi connectivity index (χ1v) is 6.94. The third-order valence-electron chi connectivity index (χ3n) is 3.67. The molecule has 0 fully saturated rings. The zero-order valence-electron chi connectivity index (χ0n) is 12.3. The highest BCUT2D eigenvalue weighted by molar-refractivity contribution is 5.87. The smallest absolute Gasteiger partial charge is 0.376 e. The molecule has 4 heteroatoms. The maximum atomic E-state index is 13.1. The van der Waals surface area contributed by atoms with E-state index in [4.69, 9.17) is 0 Å². The van der Waals surface area contributed by atoms with Crippen LogP contribution in [0.2, 0.25) is 0 Å². The van der Waals surface area contributed by atoms with Crippen LogP contribution in [0.15, 0.2) is 36.4 Å². The van der Waals surface area contributed by atoms with Crippen LogP contribution in [0, 0.1) is 5.92 Å². The zero-order valence-corrected chi connectivity index (χ0v) is 12.3. The minimum absolute atomic E-state index is 0.0990. The summed E-state index contributed by atoms with van der Waals surface area (Å²) in [7, 11) is 0. The van der Waals surface area contributed by atoms with Gasteiger partial charge in [0.05, 0.1) is 0 Å². The van der Waals surface area contributed by atoms with Crippen LogP contribution < -0.4 is 0 Å². The van der Waals surface area contributed by atoms with E-state index >= 15 is 0 Å². The van der Waals surface area contributed by atoms with E-state index in [2.05, 4.69) is 13.8 Å². The van der Waals surface area contributed by atoms with Gasteiger partial charge < -0.3 is 5.11 Å². The zero-order chi connectivity index (χ0) is 15.8. The molecule has 2 aromatic carbocycles. The fourth-order valence-corrected chi connectivity index (χ4v) is 2.50. The van der Waals surface area contributed by atoms with Gasteiger partial charge in [0.1, 0.15) is 0 Å². The molecule has 0 radical (unpaired) electrons. The minimum Gasteiger partial charge on any atom is -0.376 e. The standard InChI is InChI=1S/C17H19F3O/c1-11(2)9-12-7-8-13-5-4-6-15(14(13)10-12)16(3,21)17(18,19)20/h4-8,10-11,21H,9H2,1-3H3. The largest absolute Gasteiger partial charge is 0.421 e. The third-order valence-corrected chi connectivity index (χ3v) is 3.67. The van der Waals surface area contributed by atoms with Crippen molar-refractivity contribution in [2.75, 3.05) is 0 Å². The summed E-state index contributed by atoms with van der Waals surface area (Å²) in [5.74, 6) is 0.415. The van der Waals surface area contributed by atoms with Gasteiger partial charge in [0, 0.05) is 5.56 Å². The van der Waals surface area contributed by atoms with E-state index in [1.54, 1.807) is 18.2 Å². The van der Waals surface area contributed by atoms with Crippen LogP contribution in [-0.4, -0.2) is 11.3 Å². The lowest BCUT2D eigenvalue weighted by atomic mass is 9.89. The quantitative estimate of drug-likeness (QED) is 0.862. The molecule has 2 rings (SSSR count). The van der Waals surface area contributed by atoms with E-state index in [1.165, 1.54) is 6.07 Å². The number of fused-ring (bicyclic) bond motifs is 1. The highest BCUT2D eigenvalue weighted by Gasteiger charge is 2.51. The normalized spacial score (nSPS) is 15.4. The summed E-state index contributed by atoms with van der Waals surface area (Å²) < 4.78 is 39.3. The Morgan fingerprint density at radius 2 is 1.76 bits per heavy atom. The molecular weight excluding hydrogens is 277 g/mol. The lowest BCUT2D eigenvalue weighted by Gasteiger charge is -2.28. The second-order valence-electron chi connectivity index (χ2n) is 6.03. The molecular formula is C17H19F3O. The second-order valence-corrected chi connectivity index (χ2v) is 6.03. The Morgan fingerprint density at radius 3 is 2.33 bits per heavy atom. The van der Waals surface area contributed by atoms with Gasteiger partial charge in [-0.2, -0.15) is 13.2 Å². The fourth-order valence-electron chi connectivity index (χ4n) is 2.50. The Labute approximate surface area is 122 Å². The van der Waals surface area contributed by atoms with Crippen LogP contribution in [0.4, 0.5) is 13.2 Å². The number of alkyl halides is 3. The molecule has 114 valence electrons. The molecule has 0 aliphatic carbocycles. The van der Waals surface area contributed by atoms with Crippen molar-refractivity contribution in [1.82, 2.24) is 0 Å². The number of hydrogen-bond acceptors (Lipinski definition) is 1. The molecule has 0 aliphatic rings. The molecule has 0 spiro atoms. The molecule has 0 saturated carbocycles. The van der Waals surface area contributed by atoms with Gasteiger partial charge in [-0.25, -0.2) is 0 Å². The summed E-state index contributed by atoms with van der Waals surface area (Å²) in [6.45, 7) is 4.92. The number of hydrogen-bond donors (Lipinski definition) is 1. The predicted molar refractivity (Wildman–Crippen MR) is 78.1 cm³/mol. The molecule has 0 aliphatic heterocycles. The minimum atomic E-state index is -4.71. The molecule has 0 aromatic heterocycles. The first-order chi connectivity index (χ1) is 9.63. The Hall–Kier alpha value is -1.55. The van der Waals surface area contributed by atoms with Crippen molar-refractivity contribution in [3.05, 3.63) is 47.5 Å². The van der Waals surface area contributed by atoms with E-state index < -0.39 is 11.8 Å². The molecule has 0 saturated heterocycles. The van der Waals surface area contributed by atoms with Crippen LogP contribution in [0.25, 0.3) is 10.8 Å². The first kappa shape index (κ1) is 15.8. The van der Waals surface area contributed by atoms with E-state index in [1.807, 2.05) is 12.1 Å². The second kappa shape index (κ2) is 5.34. The summed E-state index contributed by atoms with van der Waals surface area (Å²) in [6.07, 6.45) is -3.92. The molecule has 0 bridgehead atoms. The van der Waals surface area contributed by atoms with Crippen molar-refractivity contribution < 1.29 is 18.3 Å². The Bertz CT molecular complexity index is 642. The van der Waals surface area contributed by atoms with Crippen molar-refractivity contribution in [3.8, 4) is 0 Å². The Morgan fingerprint density at radius 1 is 1.10 bits per heavy atom. The highest BCUT2D eigenvalue weighted by Crippen LogP contribution is 2.41. The average Bonchev–Trinajstić information content (AvgIpc) is 2.35. The lowest BCUT2D eigenvalue weighted by molar-refractivity contribution is -0.258. The van der Waals surface area contributed by atoms with Gasteiger partial charge in [-0.05, 0) is 35.6 Å². The van der Waals surface area contributed by atoms with E-state index in [-0.39, 0.29) is 5.56 Å². The summed E-state index contributed by atoms with van der Waals surface area (Å²) in [6, 6.07) is 10.1. The summed E-state index contributed by atoms with van der Waals surface area (Å²) in [4.78, 5) is 0. The summed E-state index contributed by atoms with van der Waals surface area (Å²) in [5.41, 5.74) is -1.98. The fraction of sp³-hybridized carbons (Fsp3) is 0.412. The van der Waals surface area contributed by atoms with Crippen molar-refractivity contribution in [1.29, 1.82) is 0 Å². The van der Waals surface area contributed by atoms with Crippen molar-refractivity contribution >= 4 is 10.8 Å². The monoisotopic (exact) mass is 296 g/mol. The van der Waals surface area contributed by atoms with Crippen molar-refractivity contribution in [2.45, 2.75) is 39.0 Å². The van der Waals surface area contributed by atoms with E-state index in [0.717, 1.165) is 18.9 Å². The SMILES string of the molecule is CC(C)Cc1ccc2cccc(C(C)(O)C(F)(F)F)c2c1. The topological polar surface area (TPSA) is 20.2 Å². The van der Waals surface area contributed by atoms with Gasteiger partial charge in [-0.15, -0.1) is 0 Å². The van der Waals surface area contributed by atoms with Crippen LogP contribution in [-0.2, 0) is 12.0 Å². The molecule has 2 aromatic rings. The maximum Gasteiger partial charge on any atom is 0.421 e. The van der Waals surface area contributed by atoms with Gasteiger partial charge in [0.25, 0.3) is 0 Å². The highest BCUT2D eigenvalue weighted by atomic mass is 19.4. The van der Waals surface area contributed by atoms with Gasteiger partial charge in [0.2, 0.25) is 0 Å². The van der Waals surface area contributed by atoms with Crippen LogP contribution in [0.5, 0.6) is 0 Å². The number of halogens is 3. The number of benzene rings is 2. The Kier molecular flexibility index (Phi) is 4.02. The van der Waals surface area contributed by atoms with Gasteiger partial charge in [0.15, 0.2) is 5.60 Å². The van der Waals surface area contributed by atoms with Crippen LogP contribution in [0.1, 0.15) is 31.9 Å². The van der Waals surface area contributed by atoms with E-state index in [0.29, 0.717) is 16.7 Å². The van der Waals surface area contributed by atoms with Crippen LogP contribution in [0.3, 0.4) is 0 Å². The number of rotatable bonds is 3. The predicted octanol–water partition coefficient (Wildman–Crippen LogP) is 4.81. The third kappa shape index (κ3) is 3.05. The number of aliphatic hydroxyl groups is 1. The van der Waals surface area contributed by atoms with Gasteiger partial charge >= 0.3 is 6.18 Å². The molecule has 1 atom stereocenters. The average molecular weight is 296 g/mol. The van der Waals surface area contributed by atoms with Gasteiger partial charge in [-0.1, -0.05) is 50.2 Å². The molecule has 1 unspecified atom stereocenters. The Balaban J connectivity index is 2.64. The lowest BCUT2D eigenvalue weighted by Crippen LogP contribution is -2.39. The maximum absolute atomic E-state index is 13.1. The summed E-state index contributed by atoms with van der Waals surface area (Å²) >= 11 is 0. The van der Waals surface area contributed by atoms with E-state index in [9.17, 15) is 18.3 Å². The molecule has 0 heterocycles. The van der Waals surface area contributed by atoms with Crippen LogP contribution >= 0.6 is 0 Å². The first-order valence-electron chi connectivity index (χ1n) is 6.94.